The summed E-state index contributed by atoms with van der Waals surface area (Å²) in [5.41, 5.74) is 0. The maximum Gasteiger partial charge on any atom is 0.457 e. The van der Waals surface area contributed by atoms with Crippen molar-refractivity contribution >= 4 is 0 Å². The molecule has 0 saturated heterocycles. The number of rotatable bonds is 4. The van der Waals surface area contributed by atoms with Gasteiger partial charge in [-0.15, -0.1) is 0 Å². The van der Waals surface area contributed by atoms with Crippen LogP contribution in [0, 0.1) is 0 Å². The van der Waals surface area contributed by atoms with Gasteiger partial charge in [-0.25, -0.2) is 5.32 Å². The Morgan fingerprint density at radius 1 is 1.10 bits per heavy atom. The molecule has 0 aromatic heterocycles. The van der Waals surface area contributed by atoms with E-state index in [1.807, 2.05) is 0 Å². The van der Waals surface area contributed by atoms with Gasteiger partial charge in [-0.1, -0.05) is 0 Å². The average molecular weight is 159 g/mol. The van der Waals surface area contributed by atoms with Gasteiger partial charge in [0.05, 0.1) is 6.67 Å². The van der Waals surface area contributed by atoms with Crippen LogP contribution in [0.5, 0.6) is 0 Å². The summed E-state index contributed by atoms with van der Waals surface area (Å²) in [6.07, 6.45) is -3.92. The highest BCUT2D eigenvalue weighted by molar-refractivity contribution is 4.48. The number of hydrogen-bond acceptors (Lipinski definition) is 1. The third kappa shape index (κ3) is 7.68. The SMILES string of the molecule is FCCCCNC(F)(F)F. The number of alkyl halides is 4. The lowest BCUT2D eigenvalue weighted by Crippen LogP contribution is -2.32. The third-order valence-corrected chi connectivity index (χ3v) is 0.886. The molecule has 0 saturated carbocycles. The van der Waals surface area contributed by atoms with Crippen molar-refractivity contribution in [3.8, 4) is 0 Å². The lowest BCUT2D eigenvalue weighted by atomic mass is 10.3. The Bertz CT molecular complexity index is 80.2. The summed E-state index contributed by atoms with van der Waals surface area (Å²) in [5.74, 6) is 0. The number of halogens is 4. The third-order valence-electron chi connectivity index (χ3n) is 0.886. The van der Waals surface area contributed by atoms with Gasteiger partial charge in [-0.3, -0.25) is 4.39 Å². The maximum absolute atomic E-state index is 11.3. The first-order valence-electron chi connectivity index (χ1n) is 2.94. The van der Waals surface area contributed by atoms with Gasteiger partial charge in [0.2, 0.25) is 0 Å². The van der Waals surface area contributed by atoms with Gasteiger partial charge in [0, 0.05) is 6.54 Å². The minimum atomic E-state index is -4.32. The molecule has 62 valence electrons. The molecule has 0 heterocycles. The van der Waals surface area contributed by atoms with E-state index < -0.39 is 13.0 Å². The van der Waals surface area contributed by atoms with Crippen LogP contribution in [0.15, 0.2) is 0 Å². The average Bonchev–Trinajstić information content (AvgIpc) is 1.78. The Kier molecular flexibility index (Phi) is 4.34. The fourth-order valence-electron chi connectivity index (χ4n) is 0.450. The number of hydrogen-bond donors (Lipinski definition) is 1. The predicted molar refractivity (Wildman–Crippen MR) is 29.3 cm³/mol. The van der Waals surface area contributed by atoms with E-state index in [1.165, 1.54) is 5.32 Å². The molecule has 0 amide bonds. The van der Waals surface area contributed by atoms with E-state index in [2.05, 4.69) is 0 Å². The molecule has 1 N–H and O–H groups in total. The zero-order valence-corrected chi connectivity index (χ0v) is 5.34. The van der Waals surface area contributed by atoms with Crippen LogP contribution in [-0.2, 0) is 0 Å². The Balaban J connectivity index is 3.04. The van der Waals surface area contributed by atoms with Crippen LogP contribution in [0.3, 0.4) is 0 Å². The van der Waals surface area contributed by atoms with Crippen molar-refractivity contribution in [3.05, 3.63) is 0 Å². The molecule has 0 aliphatic carbocycles. The summed E-state index contributed by atoms with van der Waals surface area (Å²) in [6.45, 7) is -0.757. The second-order valence-electron chi connectivity index (χ2n) is 1.82. The zero-order chi connectivity index (χ0) is 8.04. The smallest absolute Gasteiger partial charge is 0.251 e. The van der Waals surface area contributed by atoms with Crippen LogP contribution in [0.4, 0.5) is 17.6 Å². The molecule has 0 atom stereocenters. The molecule has 0 radical (unpaired) electrons. The van der Waals surface area contributed by atoms with E-state index in [-0.39, 0.29) is 19.4 Å². The number of nitrogens with one attached hydrogen (secondary N) is 1. The lowest BCUT2D eigenvalue weighted by molar-refractivity contribution is -0.156. The van der Waals surface area contributed by atoms with Gasteiger partial charge in [0.1, 0.15) is 0 Å². The second-order valence-corrected chi connectivity index (χ2v) is 1.82. The van der Waals surface area contributed by atoms with Crippen LogP contribution >= 0.6 is 0 Å². The summed E-state index contributed by atoms with van der Waals surface area (Å²) < 4.78 is 45.1. The molecular weight excluding hydrogens is 150 g/mol. The van der Waals surface area contributed by atoms with Gasteiger partial charge in [-0.2, -0.15) is 13.2 Å². The second kappa shape index (κ2) is 4.49. The number of unbranched alkanes of at least 4 members (excludes halogenated alkanes) is 1. The van der Waals surface area contributed by atoms with E-state index in [0.29, 0.717) is 0 Å². The molecule has 0 aromatic carbocycles. The lowest BCUT2D eigenvalue weighted by Gasteiger charge is -2.06. The van der Waals surface area contributed by atoms with E-state index >= 15 is 0 Å². The molecule has 0 spiro atoms. The Hall–Kier alpha value is -0.320. The standard InChI is InChI=1S/C5H9F4N/c6-3-1-2-4-10-5(7,8)9/h10H,1-4H2. The molecule has 0 unspecified atom stereocenters. The molecule has 0 aliphatic heterocycles. The first-order chi connectivity index (χ1) is 4.56. The molecule has 1 nitrogen and oxygen atoms in total. The van der Waals surface area contributed by atoms with Gasteiger partial charge < -0.3 is 0 Å². The van der Waals surface area contributed by atoms with Crippen LogP contribution in [0.25, 0.3) is 0 Å². The summed E-state index contributed by atoms with van der Waals surface area (Å²) in [7, 11) is 0. The minimum Gasteiger partial charge on any atom is -0.251 e. The van der Waals surface area contributed by atoms with Crippen molar-refractivity contribution in [2.75, 3.05) is 13.2 Å². The van der Waals surface area contributed by atoms with E-state index in [4.69, 9.17) is 0 Å². The normalized spacial score (nSPS) is 12.0. The van der Waals surface area contributed by atoms with Crippen molar-refractivity contribution in [2.45, 2.75) is 19.1 Å². The topological polar surface area (TPSA) is 12.0 Å². The van der Waals surface area contributed by atoms with Crippen molar-refractivity contribution in [1.29, 1.82) is 0 Å². The van der Waals surface area contributed by atoms with Crippen LogP contribution in [0.2, 0.25) is 0 Å². The largest absolute Gasteiger partial charge is 0.457 e. The van der Waals surface area contributed by atoms with Crippen molar-refractivity contribution < 1.29 is 17.6 Å². The predicted octanol–water partition coefficient (Wildman–Crippen LogP) is 1.85. The first kappa shape index (κ1) is 9.68. The van der Waals surface area contributed by atoms with E-state index in [0.717, 1.165) is 0 Å². The van der Waals surface area contributed by atoms with Gasteiger partial charge >= 0.3 is 6.30 Å². The molecule has 0 rings (SSSR count). The zero-order valence-electron chi connectivity index (χ0n) is 5.34. The fourth-order valence-corrected chi connectivity index (χ4v) is 0.450. The van der Waals surface area contributed by atoms with E-state index in [9.17, 15) is 17.6 Å². The van der Waals surface area contributed by atoms with Crippen molar-refractivity contribution in [3.63, 3.8) is 0 Å². The highest BCUT2D eigenvalue weighted by Gasteiger charge is 2.25. The summed E-state index contributed by atoms with van der Waals surface area (Å²) in [4.78, 5) is 0. The Morgan fingerprint density at radius 2 is 1.70 bits per heavy atom. The summed E-state index contributed by atoms with van der Waals surface area (Å²) in [5, 5.41) is 1.29. The summed E-state index contributed by atoms with van der Waals surface area (Å²) >= 11 is 0. The molecular formula is C5H9F4N. The summed E-state index contributed by atoms with van der Waals surface area (Å²) in [6, 6.07) is 0. The fraction of sp³-hybridized carbons (Fsp3) is 1.00. The first-order valence-corrected chi connectivity index (χ1v) is 2.94. The van der Waals surface area contributed by atoms with Crippen LogP contribution in [0.1, 0.15) is 12.8 Å². The van der Waals surface area contributed by atoms with Crippen LogP contribution in [-0.4, -0.2) is 19.5 Å². The van der Waals surface area contributed by atoms with Gasteiger partial charge in [0.25, 0.3) is 0 Å². The van der Waals surface area contributed by atoms with Gasteiger partial charge in [-0.05, 0) is 12.8 Å². The van der Waals surface area contributed by atoms with E-state index in [1.54, 1.807) is 0 Å². The monoisotopic (exact) mass is 159 g/mol. The van der Waals surface area contributed by atoms with Gasteiger partial charge in [0.15, 0.2) is 0 Å². The minimum absolute atomic E-state index is 0.184. The molecule has 0 bridgehead atoms. The molecule has 5 heteroatoms. The molecule has 0 fully saturated rings. The quantitative estimate of drug-likeness (QED) is 0.375. The Labute approximate surface area is 56.4 Å². The van der Waals surface area contributed by atoms with Crippen molar-refractivity contribution in [1.82, 2.24) is 5.32 Å². The van der Waals surface area contributed by atoms with Crippen molar-refractivity contribution in [2.24, 2.45) is 0 Å². The molecule has 0 aromatic rings. The molecule has 0 aliphatic rings. The van der Waals surface area contributed by atoms with Crippen LogP contribution < -0.4 is 5.32 Å². The highest BCUT2D eigenvalue weighted by Crippen LogP contribution is 2.08. The molecule has 10 heavy (non-hydrogen) atoms. The highest BCUT2D eigenvalue weighted by atomic mass is 19.4. The maximum atomic E-state index is 11.3. The Morgan fingerprint density at radius 3 is 2.10 bits per heavy atom.